The SMILES string of the molecule is N#COc1ccc(/C=C/C(=O)OCCCC(=O)Nc2cc(N)ccc2N)cc1. The van der Waals surface area contributed by atoms with Gasteiger partial charge < -0.3 is 26.3 Å². The Balaban J connectivity index is 1.69. The number of amides is 1. The molecule has 28 heavy (non-hydrogen) atoms. The molecule has 8 heteroatoms. The molecule has 0 bridgehead atoms. The van der Waals surface area contributed by atoms with Gasteiger partial charge in [-0.2, -0.15) is 0 Å². The van der Waals surface area contributed by atoms with E-state index < -0.39 is 5.97 Å². The van der Waals surface area contributed by atoms with Crippen LogP contribution in [-0.2, 0) is 14.3 Å². The van der Waals surface area contributed by atoms with Gasteiger partial charge in [-0.15, -0.1) is 5.26 Å². The van der Waals surface area contributed by atoms with E-state index in [2.05, 4.69) is 10.1 Å². The highest BCUT2D eigenvalue weighted by Gasteiger charge is 2.06. The summed E-state index contributed by atoms with van der Waals surface area (Å²) >= 11 is 0. The normalized spacial score (nSPS) is 10.2. The van der Waals surface area contributed by atoms with Gasteiger partial charge in [-0.05, 0) is 48.4 Å². The lowest BCUT2D eigenvalue weighted by Gasteiger charge is -2.09. The Bertz CT molecular complexity index is 901. The molecule has 1 amide bonds. The molecule has 0 aliphatic heterocycles. The van der Waals surface area contributed by atoms with Crippen LogP contribution in [0.25, 0.3) is 6.08 Å². The van der Waals surface area contributed by atoms with Gasteiger partial charge in [0.2, 0.25) is 5.91 Å². The number of nitrogens with one attached hydrogen (secondary N) is 1. The molecule has 0 atom stereocenters. The van der Waals surface area contributed by atoms with Crippen LogP contribution in [-0.4, -0.2) is 18.5 Å². The quantitative estimate of drug-likeness (QED) is 0.210. The lowest BCUT2D eigenvalue weighted by Crippen LogP contribution is -2.14. The largest absolute Gasteiger partial charge is 0.463 e. The molecule has 0 heterocycles. The first-order valence-electron chi connectivity index (χ1n) is 8.43. The Morgan fingerprint density at radius 2 is 1.89 bits per heavy atom. The van der Waals surface area contributed by atoms with Gasteiger partial charge >= 0.3 is 5.97 Å². The van der Waals surface area contributed by atoms with Gasteiger partial charge in [-0.1, -0.05) is 12.1 Å². The first kappa shape index (κ1) is 20.3. The topological polar surface area (TPSA) is 140 Å². The molecular formula is C20H20N4O4. The molecular weight excluding hydrogens is 360 g/mol. The Kier molecular flexibility index (Phi) is 7.43. The molecule has 144 valence electrons. The summed E-state index contributed by atoms with van der Waals surface area (Å²) in [5, 5.41) is 11.1. The molecule has 0 radical (unpaired) electrons. The molecule has 0 unspecified atom stereocenters. The van der Waals surface area contributed by atoms with Crippen LogP contribution >= 0.6 is 0 Å². The summed E-state index contributed by atoms with van der Waals surface area (Å²) in [6.45, 7) is 0.109. The first-order valence-corrected chi connectivity index (χ1v) is 8.43. The zero-order valence-corrected chi connectivity index (χ0v) is 15.1. The summed E-state index contributed by atoms with van der Waals surface area (Å²) in [7, 11) is 0. The molecule has 0 aromatic heterocycles. The van der Waals surface area contributed by atoms with Crippen molar-refractivity contribution in [2.45, 2.75) is 12.8 Å². The van der Waals surface area contributed by atoms with Crippen LogP contribution in [0.3, 0.4) is 0 Å². The van der Waals surface area contributed by atoms with Gasteiger partial charge in [0.15, 0.2) is 0 Å². The number of anilines is 3. The highest BCUT2D eigenvalue weighted by molar-refractivity contribution is 5.94. The molecule has 0 saturated carbocycles. The zero-order chi connectivity index (χ0) is 20.4. The lowest BCUT2D eigenvalue weighted by atomic mass is 10.2. The van der Waals surface area contributed by atoms with Gasteiger partial charge in [0.25, 0.3) is 6.26 Å². The van der Waals surface area contributed by atoms with Crippen molar-refractivity contribution < 1.29 is 19.1 Å². The molecule has 2 rings (SSSR count). The summed E-state index contributed by atoms with van der Waals surface area (Å²) in [6.07, 6.45) is 4.98. The van der Waals surface area contributed by atoms with Gasteiger partial charge in [0.1, 0.15) is 5.75 Å². The summed E-state index contributed by atoms with van der Waals surface area (Å²) in [4.78, 5) is 23.6. The van der Waals surface area contributed by atoms with E-state index in [1.54, 1.807) is 54.8 Å². The first-order chi connectivity index (χ1) is 13.5. The molecule has 5 N–H and O–H groups in total. The predicted octanol–water partition coefficient (Wildman–Crippen LogP) is 2.69. The van der Waals surface area contributed by atoms with Crippen LogP contribution in [0.2, 0.25) is 0 Å². The van der Waals surface area contributed by atoms with Gasteiger partial charge in [-0.25, -0.2) is 4.79 Å². The Labute approximate surface area is 162 Å². The van der Waals surface area contributed by atoms with Gasteiger partial charge in [0.05, 0.1) is 18.0 Å². The molecule has 0 saturated heterocycles. The minimum absolute atomic E-state index is 0.109. The van der Waals surface area contributed by atoms with E-state index >= 15 is 0 Å². The van der Waals surface area contributed by atoms with Crippen LogP contribution in [0.5, 0.6) is 5.75 Å². The molecule has 0 aliphatic carbocycles. The second-order valence-corrected chi connectivity index (χ2v) is 5.76. The van der Waals surface area contributed by atoms with Crippen LogP contribution in [0, 0.1) is 11.5 Å². The number of esters is 1. The number of rotatable bonds is 8. The van der Waals surface area contributed by atoms with Crippen molar-refractivity contribution in [3.8, 4) is 12.0 Å². The minimum Gasteiger partial charge on any atom is -0.463 e. The lowest BCUT2D eigenvalue weighted by molar-refractivity contribution is -0.138. The van der Waals surface area contributed by atoms with Gasteiger partial charge in [0, 0.05) is 18.2 Å². The van der Waals surface area contributed by atoms with Crippen LogP contribution in [0.15, 0.2) is 48.5 Å². The molecule has 2 aromatic carbocycles. The van der Waals surface area contributed by atoms with E-state index in [4.69, 9.17) is 21.5 Å². The van der Waals surface area contributed by atoms with Crippen molar-refractivity contribution in [3.05, 3.63) is 54.1 Å². The third kappa shape index (κ3) is 6.72. The van der Waals surface area contributed by atoms with Gasteiger partial charge in [-0.3, -0.25) is 4.79 Å². The van der Waals surface area contributed by atoms with Crippen molar-refractivity contribution in [2.75, 3.05) is 23.4 Å². The number of nitrogens with zero attached hydrogens (tertiary/aromatic N) is 1. The third-order valence-electron chi connectivity index (χ3n) is 3.60. The van der Waals surface area contributed by atoms with Crippen molar-refractivity contribution in [3.63, 3.8) is 0 Å². The fourth-order valence-corrected chi connectivity index (χ4v) is 2.21. The Morgan fingerprint density at radius 1 is 1.14 bits per heavy atom. The summed E-state index contributed by atoms with van der Waals surface area (Å²) in [5.74, 6) is -0.346. The van der Waals surface area contributed by atoms with E-state index in [9.17, 15) is 9.59 Å². The van der Waals surface area contributed by atoms with Crippen molar-refractivity contribution >= 4 is 35.0 Å². The van der Waals surface area contributed by atoms with Crippen LogP contribution in [0.1, 0.15) is 18.4 Å². The highest BCUT2D eigenvalue weighted by Crippen LogP contribution is 2.21. The van der Waals surface area contributed by atoms with E-state index in [0.717, 1.165) is 5.56 Å². The van der Waals surface area contributed by atoms with E-state index in [1.165, 1.54) is 6.08 Å². The van der Waals surface area contributed by atoms with Crippen LogP contribution in [0.4, 0.5) is 17.1 Å². The van der Waals surface area contributed by atoms with E-state index in [0.29, 0.717) is 29.2 Å². The minimum atomic E-state index is -0.516. The number of carbonyl (C=O) groups is 2. The maximum absolute atomic E-state index is 11.9. The van der Waals surface area contributed by atoms with Crippen LogP contribution < -0.4 is 21.5 Å². The maximum atomic E-state index is 11.9. The summed E-state index contributed by atoms with van der Waals surface area (Å²) in [6, 6.07) is 11.5. The number of hydrogen-bond acceptors (Lipinski definition) is 7. The average molecular weight is 380 g/mol. The number of nitrogens with two attached hydrogens (primary N) is 2. The fraction of sp³-hybridized carbons (Fsp3) is 0.150. The van der Waals surface area contributed by atoms with Crippen molar-refractivity contribution in [1.29, 1.82) is 5.26 Å². The van der Waals surface area contributed by atoms with Crippen molar-refractivity contribution in [2.24, 2.45) is 0 Å². The fourth-order valence-electron chi connectivity index (χ4n) is 2.21. The second kappa shape index (κ2) is 10.2. The molecule has 8 nitrogen and oxygen atoms in total. The smallest absolute Gasteiger partial charge is 0.330 e. The molecule has 0 spiro atoms. The Morgan fingerprint density at radius 3 is 2.61 bits per heavy atom. The predicted molar refractivity (Wildman–Crippen MR) is 106 cm³/mol. The molecule has 0 aliphatic rings. The number of benzene rings is 2. The Hall–Kier alpha value is -3.99. The van der Waals surface area contributed by atoms with E-state index in [1.807, 2.05) is 0 Å². The van der Waals surface area contributed by atoms with Crippen molar-refractivity contribution in [1.82, 2.24) is 0 Å². The number of ether oxygens (including phenoxy) is 2. The standard InChI is InChI=1S/C20H20N4O4/c21-13-28-16-7-3-14(4-8-16)5-10-20(26)27-11-1-2-19(25)24-18-12-15(22)6-9-17(18)23/h3-10,12H,1-2,11,22-23H2,(H,24,25)/b10-5+. The summed E-state index contributed by atoms with van der Waals surface area (Å²) in [5.41, 5.74) is 13.6. The second-order valence-electron chi connectivity index (χ2n) is 5.76. The number of hydrogen-bond donors (Lipinski definition) is 3. The number of nitriles is 1. The zero-order valence-electron chi connectivity index (χ0n) is 15.1. The summed E-state index contributed by atoms with van der Waals surface area (Å²) < 4.78 is 9.72. The van der Waals surface area contributed by atoms with E-state index in [-0.39, 0.29) is 18.9 Å². The molecule has 2 aromatic rings. The monoisotopic (exact) mass is 380 g/mol. The average Bonchev–Trinajstić information content (AvgIpc) is 2.68. The third-order valence-corrected chi connectivity index (χ3v) is 3.60. The number of carbonyl (C=O) groups excluding carboxylic acids is 2. The highest BCUT2D eigenvalue weighted by atomic mass is 16.5. The molecule has 0 fully saturated rings. The number of nitrogen functional groups attached to an aromatic ring is 2. The maximum Gasteiger partial charge on any atom is 0.330 e.